The van der Waals surface area contributed by atoms with Crippen molar-refractivity contribution in [1.82, 2.24) is 0 Å². The van der Waals surface area contributed by atoms with E-state index in [4.69, 9.17) is 0 Å². The van der Waals surface area contributed by atoms with Crippen LogP contribution in [0.2, 0.25) is 0 Å². The van der Waals surface area contributed by atoms with Gasteiger partial charge in [-0.15, -0.1) is 0 Å². The number of ketones is 2. The van der Waals surface area contributed by atoms with Crippen molar-refractivity contribution in [2.24, 2.45) is 34.0 Å². The second kappa shape index (κ2) is 6.08. The fourth-order valence-corrected chi connectivity index (χ4v) is 7.97. The minimum atomic E-state index is -0.258. The first kappa shape index (κ1) is 20.0. The summed E-state index contributed by atoms with van der Waals surface area (Å²) in [4.78, 5) is 25.0. The van der Waals surface area contributed by atoms with Gasteiger partial charge in [-0.1, -0.05) is 45.4 Å². The van der Waals surface area contributed by atoms with Gasteiger partial charge in [-0.3, -0.25) is 9.59 Å². The number of carbonyl (C=O) groups excluding carboxylic acids is 2. The molecular formula is C27H34O3. The van der Waals surface area contributed by atoms with E-state index in [2.05, 4.69) is 39.8 Å². The van der Waals surface area contributed by atoms with Crippen molar-refractivity contribution in [3.8, 4) is 0 Å². The number of aliphatic hydroxyl groups is 1. The van der Waals surface area contributed by atoms with Crippen molar-refractivity contribution in [3.63, 3.8) is 0 Å². The molecule has 3 saturated carbocycles. The van der Waals surface area contributed by atoms with Gasteiger partial charge in [-0.05, 0) is 78.9 Å². The number of aliphatic hydroxyl groups excluding tert-OH is 1. The van der Waals surface area contributed by atoms with Crippen molar-refractivity contribution in [3.05, 3.63) is 46.3 Å². The number of carbonyl (C=O) groups is 2. The molecule has 0 heterocycles. The van der Waals surface area contributed by atoms with Gasteiger partial charge in [0.05, 0.1) is 0 Å². The van der Waals surface area contributed by atoms with Crippen LogP contribution >= 0.6 is 0 Å². The van der Waals surface area contributed by atoms with Gasteiger partial charge in [-0.2, -0.15) is 0 Å². The number of hydrogen-bond donors (Lipinski definition) is 1. The number of hydrogen-bond acceptors (Lipinski definition) is 3. The first-order valence-corrected chi connectivity index (χ1v) is 11.6. The molecule has 3 heteroatoms. The van der Waals surface area contributed by atoms with E-state index in [1.54, 1.807) is 6.08 Å². The topological polar surface area (TPSA) is 54.4 Å². The fraction of sp³-hybridized carbons (Fsp3) is 0.630. The van der Waals surface area contributed by atoms with Gasteiger partial charge in [0.15, 0.2) is 5.76 Å². The second-order valence-corrected chi connectivity index (χ2v) is 11.5. The van der Waals surface area contributed by atoms with Crippen molar-refractivity contribution in [2.75, 3.05) is 0 Å². The molecule has 0 spiro atoms. The monoisotopic (exact) mass is 406 g/mol. The number of allylic oxidation sites excluding steroid dienone is 7. The second-order valence-electron chi connectivity index (χ2n) is 11.5. The zero-order valence-electron chi connectivity index (χ0n) is 19.0. The summed E-state index contributed by atoms with van der Waals surface area (Å²) in [6.45, 7) is 11.1. The minimum Gasteiger partial charge on any atom is -0.504 e. The van der Waals surface area contributed by atoms with Gasteiger partial charge >= 0.3 is 0 Å². The van der Waals surface area contributed by atoms with Crippen molar-refractivity contribution >= 4 is 11.6 Å². The highest BCUT2D eigenvalue weighted by molar-refractivity contribution is 6.06. The van der Waals surface area contributed by atoms with Crippen LogP contribution in [0.15, 0.2) is 46.3 Å². The molecule has 0 aromatic carbocycles. The summed E-state index contributed by atoms with van der Waals surface area (Å²) in [5.74, 6) is 1.32. The summed E-state index contributed by atoms with van der Waals surface area (Å²) >= 11 is 0. The van der Waals surface area contributed by atoms with Crippen LogP contribution in [0.4, 0.5) is 0 Å². The average molecular weight is 407 g/mol. The molecule has 5 rings (SSSR count). The van der Waals surface area contributed by atoms with Crippen LogP contribution in [0, 0.1) is 34.0 Å². The van der Waals surface area contributed by atoms with Gasteiger partial charge in [0, 0.05) is 23.3 Å². The maximum Gasteiger partial charge on any atom is 0.220 e. The van der Waals surface area contributed by atoms with E-state index in [9.17, 15) is 14.7 Å². The Bertz CT molecular complexity index is 992. The molecule has 1 unspecified atom stereocenters. The van der Waals surface area contributed by atoms with Gasteiger partial charge in [0.25, 0.3) is 0 Å². The van der Waals surface area contributed by atoms with Crippen LogP contribution in [-0.4, -0.2) is 16.7 Å². The Kier molecular flexibility index (Phi) is 4.06. The lowest BCUT2D eigenvalue weighted by atomic mass is 9.40. The zero-order valence-corrected chi connectivity index (χ0v) is 19.0. The Morgan fingerprint density at radius 2 is 1.80 bits per heavy atom. The molecule has 3 fully saturated rings. The Labute approximate surface area is 180 Å². The molecule has 0 bridgehead atoms. The smallest absolute Gasteiger partial charge is 0.220 e. The standard InChI is InChI=1S/C27H34O3/c1-15-12-23-25(3,14-22(15)29)9-8-19-18-7-6-17-16(2)24(30)21(28)13-20(17)26(18,4)10-11-27(19,23)5/h6-7,13,15,19,23,30H,8-12,14H2,1-5H3/t15-,19?,23-,25+,26-,27-/m1/s1. The third-order valence-corrected chi connectivity index (χ3v) is 9.91. The van der Waals surface area contributed by atoms with Crippen LogP contribution in [0.3, 0.4) is 0 Å². The summed E-state index contributed by atoms with van der Waals surface area (Å²) in [7, 11) is 0. The third-order valence-electron chi connectivity index (χ3n) is 9.91. The van der Waals surface area contributed by atoms with E-state index >= 15 is 0 Å². The van der Waals surface area contributed by atoms with E-state index < -0.39 is 0 Å². The molecule has 30 heavy (non-hydrogen) atoms. The molecular weight excluding hydrogens is 372 g/mol. The predicted molar refractivity (Wildman–Crippen MR) is 118 cm³/mol. The largest absolute Gasteiger partial charge is 0.504 e. The van der Waals surface area contributed by atoms with E-state index in [1.807, 2.05) is 6.92 Å². The number of fused-ring (bicyclic) bond motifs is 7. The summed E-state index contributed by atoms with van der Waals surface area (Å²) in [6.07, 6.45) is 12.3. The third kappa shape index (κ3) is 2.38. The summed E-state index contributed by atoms with van der Waals surface area (Å²) in [5, 5.41) is 10.2. The van der Waals surface area contributed by atoms with Crippen LogP contribution in [0.1, 0.15) is 73.1 Å². The van der Waals surface area contributed by atoms with Crippen LogP contribution in [0.5, 0.6) is 0 Å². The normalized spacial score (nSPS) is 45.5. The van der Waals surface area contributed by atoms with Gasteiger partial charge in [0.2, 0.25) is 5.78 Å². The first-order valence-electron chi connectivity index (χ1n) is 11.6. The van der Waals surface area contributed by atoms with Crippen LogP contribution in [-0.2, 0) is 9.59 Å². The number of rotatable bonds is 0. The minimum absolute atomic E-state index is 0.111. The maximum absolute atomic E-state index is 12.6. The number of Topliss-reactive ketones (excluding diaryl/α,β-unsaturated/α-hetero) is 1. The van der Waals surface area contributed by atoms with E-state index in [1.165, 1.54) is 5.57 Å². The van der Waals surface area contributed by atoms with Crippen LogP contribution < -0.4 is 0 Å². The van der Waals surface area contributed by atoms with E-state index in [0.29, 0.717) is 23.2 Å². The average Bonchev–Trinajstić information content (AvgIpc) is 2.68. The molecule has 0 aliphatic heterocycles. The molecule has 6 atom stereocenters. The summed E-state index contributed by atoms with van der Waals surface area (Å²) < 4.78 is 0. The molecule has 1 N–H and O–H groups in total. The zero-order chi connectivity index (χ0) is 21.6. The lowest BCUT2D eigenvalue weighted by molar-refractivity contribution is -0.145. The molecule has 3 nitrogen and oxygen atoms in total. The van der Waals surface area contributed by atoms with Gasteiger partial charge < -0.3 is 5.11 Å². The summed E-state index contributed by atoms with van der Waals surface area (Å²) in [5.41, 5.74) is 4.49. The van der Waals surface area contributed by atoms with Gasteiger partial charge in [0.1, 0.15) is 5.78 Å². The van der Waals surface area contributed by atoms with Gasteiger partial charge in [-0.25, -0.2) is 0 Å². The lowest BCUT2D eigenvalue weighted by Gasteiger charge is -2.64. The van der Waals surface area contributed by atoms with Crippen molar-refractivity contribution in [1.29, 1.82) is 0 Å². The SMILES string of the molecule is CC1=C(O)C(=O)C=C2C1=CC=C1C3CC[C@@]4(C)CC(=O)[C@H](C)C[C@H]4[C@]3(C)CC[C@@]21C. The highest BCUT2D eigenvalue weighted by atomic mass is 16.3. The van der Waals surface area contributed by atoms with E-state index in [-0.39, 0.29) is 33.7 Å². The highest BCUT2D eigenvalue weighted by Gasteiger charge is 2.61. The predicted octanol–water partition coefficient (Wildman–Crippen LogP) is 6.03. The Morgan fingerprint density at radius 1 is 1.07 bits per heavy atom. The Morgan fingerprint density at radius 3 is 2.53 bits per heavy atom. The molecule has 5 aliphatic carbocycles. The molecule has 0 aromatic heterocycles. The lowest BCUT2D eigenvalue weighted by Crippen LogP contribution is -2.57. The summed E-state index contributed by atoms with van der Waals surface area (Å²) in [6, 6.07) is 0. The van der Waals surface area contributed by atoms with Crippen molar-refractivity contribution < 1.29 is 14.7 Å². The molecule has 0 saturated heterocycles. The highest BCUT2D eigenvalue weighted by Crippen LogP contribution is 2.69. The molecule has 0 amide bonds. The first-order chi connectivity index (χ1) is 14.0. The molecule has 0 radical (unpaired) electrons. The molecule has 0 aromatic rings. The van der Waals surface area contributed by atoms with Crippen LogP contribution in [0.25, 0.3) is 0 Å². The maximum atomic E-state index is 12.6. The fourth-order valence-electron chi connectivity index (χ4n) is 7.97. The van der Waals surface area contributed by atoms with E-state index in [0.717, 1.165) is 49.7 Å². The Balaban J connectivity index is 1.60. The quantitative estimate of drug-likeness (QED) is 0.534. The molecule has 5 aliphatic rings. The Hall–Kier alpha value is -1.90. The van der Waals surface area contributed by atoms with Crippen molar-refractivity contribution in [2.45, 2.75) is 73.1 Å². The molecule has 160 valence electrons.